The van der Waals surface area contributed by atoms with E-state index in [9.17, 15) is 4.39 Å². The summed E-state index contributed by atoms with van der Waals surface area (Å²) in [5, 5.41) is 0. The number of halogens is 3. The first-order valence-electron chi connectivity index (χ1n) is 6.30. The number of hydrogen-bond donors (Lipinski definition) is 0. The quantitative estimate of drug-likeness (QED) is 0.620. The summed E-state index contributed by atoms with van der Waals surface area (Å²) in [7, 11) is 3.15. The minimum absolute atomic E-state index is 0.207. The Kier molecular flexibility index (Phi) is 5.27. The van der Waals surface area contributed by atoms with Crippen LogP contribution in [0.4, 0.5) is 4.39 Å². The molecule has 0 aromatic heterocycles. The smallest absolute Gasteiger partial charge is 0.161 e. The first kappa shape index (κ1) is 16.3. The zero-order chi connectivity index (χ0) is 15.6. The maximum atomic E-state index is 14.3. The fourth-order valence-electron chi connectivity index (χ4n) is 2.10. The molecule has 5 heteroatoms. The SMILES string of the molecule is COc1cc(Br)c(C(Br)c2cccc(C)c2F)cc1OC. The predicted molar refractivity (Wildman–Crippen MR) is 89.2 cm³/mol. The Morgan fingerprint density at radius 3 is 2.29 bits per heavy atom. The molecule has 0 saturated carbocycles. The number of benzene rings is 2. The summed E-state index contributed by atoms with van der Waals surface area (Å²) < 4.78 is 25.7. The van der Waals surface area contributed by atoms with E-state index in [0.29, 0.717) is 22.6 Å². The van der Waals surface area contributed by atoms with Gasteiger partial charge in [-0.3, -0.25) is 0 Å². The van der Waals surface area contributed by atoms with Gasteiger partial charge in [0.2, 0.25) is 0 Å². The summed E-state index contributed by atoms with van der Waals surface area (Å²) in [6.07, 6.45) is 0. The van der Waals surface area contributed by atoms with Gasteiger partial charge in [-0.2, -0.15) is 0 Å². The Labute approximate surface area is 140 Å². The van der Waals surface area contributed by atoms with E-state index in [2.05, 4.69) is 31.9 Å². The maximum absolute atomic E-state index is 14.3. The molecule has 0 amide bonds. The van der Waals surface area contributed by atoms with Crippen LogP contribution in [0.1, 0.15) is 21.5 Å². The van der Waals surface area contributed by atoms with Crippen LogP contribution >= 0.6 is 31.9 Å². The highest BCUT2D eigenvalue weighted by Crippen LogP contribution is 2.42. The summed E-state index contributed by atoms with van der Waals surface area (Å²) in [6.45, 7) is 1.75. The van der Waals surface area contributed by atoms with E-state index in [-0.39, 0.29) is 10.6 Å². The maximum Gasteiger partial charge on any atom is 0.161 e. The molecule has 21 heavy (non-hydrogen) atoms. The number of rotatable bonds is 4. The number of alkyl halides is 1. The van der Waals surface area contributed by atoms with Crippen LogP contribution in [-0.4, -0.2) is 14.2 Å². The number of aryl methyl sites for hydroxylation is 1. The van der Waals surface area contributed by atoms with Crippen LogP contribution < -0.4 is 9.47 Å². The first-order chi connectivity index (χ1) is 9.99. The van der Waals surface area contributed by atoms with Crippen molar-refractivity contribution in [1.82, 2.24) is 0 Å². The van der Waals surface area contributed by atoms with E-state index < -0.39 is 0 Å². The standard InChI is InChI=1S/C16H15Br2FO2/c1-9-5-4-6-10(16(9)19)15(18)11-7-13(20-2)14(21-3)8-12(11)17/h4-8,15H,1-3H3. The molecule has 0 saturated heterocycles. The summed E-state index contributed by atoms with van der Waals surface area (Å²) in [5.41, 5.74) is 2.08. The van der Waals surface area contributed by atoms with Crippen molar-refractivity contribution in [2.24, 2.45) is 0 Å². The average Bonchev–Trinajstić information content (AvgIpc) is 2.49. The van der Waals surface area contributed by atoms with Gasteiger partial charge in [-0.15, -0.1) is 0 Å². The molecular weight excluding hydrogens is 403 g/mol. The molecule has 2 nitrogen and oxygen atoms in total. The average molecular weight is 418 g/mol. The summed E-state index contributed by atoms with van der Waals surface area (Å²) in [4.78, 5) is -0.286. The zero-order valence-electron chi connectivity index (χ0n) is 11.9. The molecule has 0 spiro atoms. The normalized spacial score (nSPS) is 12.1. The van der Waals surface area contributed by atoms with Gasteiger partial charge in [0.05, 0.1) is 19.0 Å². The predicted octanol–water partition coefficient (Wildman–Crippen LogP) is 5.40. The van der Waals surface area contributed by atoms with Gasteiger partial charge in [-0.05, 0) is 30.2 Å². The monoisotopic (exact) mass is 416 g/mol. The molecule has 112 valence electrons. The van der Waals surface area contributed by atoms with Crippen LogP contribution in [0.5, 0.6) is 11.5 Å². The second kappa shape index (κ2) is 6.79. The minimum atomic E-state index is -0.286. The Balaban J connectivity index is 2.53. The van der Waals surface area contributed by atoms with Gasteiger partial charge in [-0.1, -0.05) is 50.1 Å². The Morgan fingerprint density at radius 1 is 1.05 bits per heavy atom. The molecule has 2 rings (SSSR count). The minimum Gasteiger partial charge on any atom is -0.493 e. The molecule has 2 aromatic rings. The molecule has 0 heterocycles. The fourth-order valence-corrected chi connectivity index (χ4v) is 3.69. The highest BCUT2D eigenvalue weighted by molar-refractivity contribution is 9.11. The molecular formula is C16H15Br2FO2. The van der Waals surface area contributed by atoms with Crippen molar-refractivity contribution >= 4 is 31.9 Å². The van der Waals surface area contributed by atoms with Crippen molar-refractivity contribution in [2.45, 2.75) is 11.8 Å². The van der Waals surface area contributed by atoms with Crippen LogP contribution in [0.25, 0.3) is 0 Å². The Hall–Kier alpha value is -1.07. The van der Waals surface area contributed by atoms with Gasteiger partial charge < -0.3 is 9.47 Å². The molecule has 0 aliphatic carbocycles. The van der Waals surface area contributed by atoms with Crippen LogP contribution in [-0.2, 0) is 0 Å². The van der Waals surface area contributed by atoms with Crippen LogP contribution in [0.2, 0.25) is 0 Å². The van der Waals surface area contributed by atoms with Crippen molar-refractivity contribution in [3.63, 3.8) is 0 Å². The molecule has 1 atom stereocenters. The third-order valence-corrected chi connectivity index (χ3v) is 4.94. The third kappa shape index (κ3) is 3.24. The molecule has 0 radical (unpaired) electrons. The van der Waals surface area contributed by atoms with Gasteiger partial charge in [0, 0.05) is 10.0 Å². The lowest BCUT2D eigenvalue weighted by atomic mass is 10.0. The highest BCUT2D eigenvalue weighted by Gasteiger charge is 2.20. The van der Waals surface area contributed by atoms with Gasteiger partial charge >= 0.3 is 0 Å². The van der Waals surface area contributed by atoms with Crippen molar-refractivity contribution in [3.05, 3.63) is 57.3 Å². The van der Waals surface area contributed by atoms with Crippen molar-refractivity contribution in [2.75, 3.05) is 14.2 Å². The number of methoxy groups -OCH3 is 2. The molecule has 2 aromatic carbocycles. The number of ether oxygens (including phenoxy) is 2. The van der Waals surface area contributed by atoms with Gasteiger partial charge in [0.1, 0.15) is 5.82 Å². The van der Waals surface area contributed by atoms with E-state index in [4.69, 9.17) is 9.47 Å². The highest BCUT2D eigenvalue weighted by atomic mass is 79.9. The topological polar surface area (TPSA) is 18.5 Å². The Bertz CT molecular complexity index is 659. The second-order valence-corrected chi connectivity index (χ2v) is 6.34. The summed E-state index contributed by atoms with van der Waals surface area (Å²) in [6, 6.07) is 9.02. The van der Waals surface area contributed by atoms with Gasteiger partial charge in [-0.25, -0.2) is 4.39 Å². The van der Waals surface area contributed by atoms with E-state index in [1.54, 1.807) is 33.3 Å². The van der Waals surface area contributed by atoms with E-state index in [1.807, 2.05) is 18.2 Å². The summed E-state index contributed by atoms with van der Waals surface area (Å²) >= 11 is 7.08. The van der Waals surface area contributed by atoms with Crippen LogP contribution in [0.3, 0.4) is 0 Å². The third-order valence-electron chi connectivity index (χ3n) is 3.27. The molecule has 0 aliphatic heterocycles. The fraction of sp³-hybridized carbons (Fsp3) is 0.250. The van der Waals surface area contributed by atoms with Gasteiger partial charge in [0.15, 0.2) is 11.5 Å². The van der Waals surface area contributed by atoms with Crippen LogP contribution in [0, 0.1) is 12.7 Å². The molecule has 1 unspecified atom stereocenters. The Morgan fingerprint density at radius 2 is 1.67 bits per heavy atom. The van der Waals surface area contributed by atoms with E-state index in [0.717, 1.165) is 10.0 Å². The lowest BCUT2D eigenvalue weighted by molar-refractivity contribution is 0.354. The van der Waals surface area contributed by atoms with Crippen molar-refractivity contribution in [3.8, 4) is 11.5 Å². The molecule has 0 fully saturated rings. The van der Waals surface area contributed by atoms with E-state index in [1.165, 1.54) is 0 Å². The van der Waals surface area contributed by atoms with Gasteiger partial charge in [0.25, 0.3) is 0 Å². The zero-order valence-corrected chi connectivity index (χ0v) is 15.1. The lowest BCUT2D eigenvalue weighted by Crippen LogP contribution is -2.01. The lowest BCUT2D eigenvalue weighted by Gasteiger charge is -2.17. The number of hydrogen-bond acceptors (Lipinski definition) is 2. The first-order valence-corrected chi connectivity index (χ1v) is 8.01. The summed E-state index contributed by atoms with van der Waals surface area (Å²) in [5.74, 6) is 1.02. The molecule has 0 bridgehead atoms. The van der Waals surface area contributed by atoms with Crippen molar-refractivity contribution in [1.29, 1.82) is 0 Å². The van der Waals surface area contributed by atoms with E-state index >= 15 is 0 Å². The second-order valence-electron chi connectivity index (χ2n) is 4.57. The van der Waals surface area contributed by atoms with Crippen LogP contribution in [0.15, 0.2) is 34.8 Å². The molecule has 0 N–H and O–H groups in total. The largest absolute Gasteiger partial charge is 0.493 e. The molecule has 0 aliphatic rings. The van der Waals surface area contributed by atoms with Crippen molar-refractivity contribution < 1.29 is 13.9 Å².